The summed E-state index contributed by atoms with van der Waals surface area (Å²) in [5, 5.41) is 4.17. The molecule has 0 saturated carbocycles. The number of hydrogen-bond donors (Lipinski definition) is 1. The quantitative estimate of drug-likeness (QED) is 0.925. The number of nitrogens with one attached hydrogen (secondary N) is 1. The lowest BCUT2D eigenvalue weighted by Crippen LogP contribution is -2.43. The number of amides is 1. The molecule has 1 aromatic carbocycles. The van der Waals surface area contributed by atoms with E-state index in [0.29, 0.717) is 12.5 Å². The number of carbonyl (C=O) groups excluding carboxylic acids is 1. The van der Waals surface area contributed by atoms with Gasteiger partial charge in [-0.25, -0.2) is 9.37 Å². The Morgan fingerprint density at radius 2 is 2.00 bits per heavy atom. The average molecular weight is 347 g/mol. The third-order valence-electron chi connectivity index (χ3n) is 4.49. The van der Waals surface area contributed by atoms with Crippen molar-refractivity contribution in [3.8, 4) is 0 Å². The molecule has 0 bridgehead atoms. The Kier molecular flexibility index (Phi) is 5.26. The van der Waals surface area contributed by atoms with Gasteiger partial charge in [-0.3, -0.25) is 4.79 Å². The molecular formula is C18H22FN3OS. The Balaban J connectivity index is 1.69. The van der Waals surface area contributed by atoms with E-state index in [-0.39, 0.29) is 11.7 Å². The van der Waals surface area contributed by atoms with Crippen LogP contribution in [0.5, 0.6) is 0 Å². The summed E-state index contributed by atoms with van der Waals surface area (Å²) in [6.45, 7) is 3.46. The van der Waals surface area contributed by atoms with Crippen LogP contribution in [0, 0.1) is 12.7 Å². The highest BCUT2D eigenvalue weighted by molar-refractivity contribution is 7.13. The highest BCUT2D eigenvalue weighted by Crippen LogP contribution is 2.24. The summed E-state index contributed by atoms with van der Waals surface area (Å²) in [5.41, 5.74) is 1.79. The summed E-state index contributed by atoms with van der Waals surface area (Å²) in [4.78, 5) is 20.0. The van der Waals surface area contributed by atoms with Gasteiger partial charge in [0.05, 0.1) is 10.7 Å². The van der Waals surface area contributed by atoms with Gasteiger partial charge in [0.15, 0.2) is 0 Å². The van der Waals surface area contributed by atoms with Crippen molar-refractivity contribution in [1.82, 2.24) is 15.2 Å². The van der Waals surface area contributed by atoms with Gasteiger partial charge in [0.1, 0.15) is 10.7 Å². The number of rotatable bonds is 4. The molecule has 1 saturated heterocycles. The van der Waals surface area contributed by atoms with Gasteiger partial charge in [-0.1, -0.05) is 12.1 Å². The van der Waals surface area contributed by atoms with Crippen molar-refractivity contribution >= 4 is 17.2 Å². The maximum absolute atomic E-state index is 13.0. The number of carbonyl (C=O) groups is 1. The lowest BCUT2D eigenvalue weighted by Gasteiger charge is -2.31. The number of aryl methyl sites for hydroxylation is 1. The van der Waals surface area contributed by atoms with Crippen LogP contribution in [0.15, 0.2) is 24.3 Å². The minimum absolute atomic E-state index is 0.0879. The molecule has 0 aliphatic carbocycles. The van der Waals surface area contributed by atoms with E-state index in [4.69, 9.17) is 0 Å². The molecule has 0 unspecified atom stereocenters. The molecule has 1 aromatic heterocycles. The van der Waals surface area contributed by atoms with E-state index in [1.807, 2.05) is 18.9 Å². The summed E-state index contributed by atoms with van der Waals surface area (Å²) in [7, 11) is 1.97. The van der Waals surface area contributed by atoms with Gasteiger partial charge in [-0.2, -0.15) is 0 Å². The molecule has 0 spiro atoms. The van der Waals surface area contributed by atoms with Gasteiger partial charge in [0.2, 0.25) is 0 Å². The molecule has 0 atom stereocenters. The second-order valence-electron chi connectivity index (χ2n) is 6.18. The van der Waals surface area contributed by atoms with Crippen LogP contribution in [0.1, 0.15) is 38.8 Å². The Hall–Kier alpha value is -1.79. The second-order valence-corrected chi connectivity index (χ2v) is 7.26. The zero-order valence-electron chi connectivity index (χ0n) is 14.0. The number of nitrogens with zero attached hydrogens (tertiary/aromatic N) is 2. The largest absolute Gasteiger partial charge is 0.338 e. The average Bonchev–Trinajstić information content (AvgIpc) is 2.96. The van der Waals surface area contributed by atoms with Gasteiger partial charge in [-0.05, 0) is 44.5 Å². The van der Waals surface area contributed by atoms with Crippen molar-refractivity contribution < 1.29 is 9.18 Å². The highest BCUT2D eigenvalue weighted by atomic mass is 32.1. The summed E-state index contributed by atoms with van der Waals surface area (Å²) in [6, 6.07) is 6.93. The van der Waals surface area contributed by atoms with E-state index in [1.165, 1.54) is 23.5 Å². The first-order valence-electron chi connectivity index (χ1n) is 8.24. The Labute approximate surface area is 145 Å². The molecule has 2 heterocycles. The van der Waals surface area contributed by atoms with E-state index in [9.17, 15) is 9.18 Å². The minimum atomic E-state index is -0.241. The third kappa shape index (κ3) is 3.82. The lowest BCUT2D eigenvalue weighted by molar-refractivity contribution is 0.0711. The molecule has 1 aliphatic rings. The van der Waals surface area contributed by atoms with Crippen molar-refractivity contribution in [2.75, 3.05) is 20.1 Å². The molecule has 4 nitrogen and oxygen atoms in total. The van der Waals surface area contributed by atoms with Crippen LogP contribution in [0.4, 0.5) is 4.39 Å². The Morgan fingerprint density at radius 3 is 2.62 bits per heavy atom. The standard InChI is InChI=1S/C18H22FN3OS/c1-12-17(18(23)22-9-7-15(20-2)8-10-22)24-16(21-12)11-13-3-5-14(19)6-4-13/h3-6,15,20H,7-11H2,1-2H3. The van der Waals surface area contributed by atoms with Gasteiger partial charge < -0.3 is 10.2 Å². The monoisotopic (exact) mass is 347 g/mol. The minimum Gasteiger partial charge on any atom is -0.338 e. The molecule has 1 N–H and O–H groups in total. The molecule has 3 rings (SSSR count). The van der Waals surface area contributed by atoms with Crippen molar-refractivity contribution in [3.05, 3.63) is 51.2 Å². The van der Waals surface area contributed by atoms with Crippen molar-refractivity contribution in [1.29, 1.82) is 0 Å². The molecule has 2 aromatic rings. The predicted molar refractivity (Wildman–Crippen MR) is 94.0 cm³/mol. The fraction of sp³-hybridized carbons (Fsp3) is 0.444. The predicted octanol–water partition coefficient (Wildman–Crippen LogP) is 3.01. The lowest BCUT2D eigenvalue weighted by atomic mass is 10.1. The SMILES string of the molecule is CNC1CCN(C(=O)c2sc(Cc3ccc(F)cc3)nc2C)CC1. The van der Waals surface area contributed by atoms with Crippen LogP contribution in [-0.2, 0) is 6.42 Å². The number of halogens is 1. The number of likely N-dealkylation sites (tertiary alicyclic amines) is 1. The summed E-state index contributed by atoms with van der Waals surface area (Å²) in [5.74, 6) is -0.153. The normalized spacial score (nSPS) is 15.7. The van der Waals surface area contributed by atoms with E-state index in [2.05, 4.69) is 10.3 Å². The van der Waals surface area contributed by atoms with Crippen LogP contribution in [-0.4, -0.2) is 42.0 Å². The maximum atomic E-state index is 13.0. The number of piperidine rings is 1. The van der Waals surface area contributed by atoms with Crippen LogP contribution in [0.2, 0.25) is 0 Å². The van der Waals surface area contributed by atoms with Crippen LogP contribution in [0.25, 0.3) is 0 Å². The fourth-order valence-electron chi connectivity index (χ4n) is 3.02. The highest BCUT2D eigenvalue weighted by Gasteiger charge is 2.25. The molecule has 24 heavy (non-hydrogen) atoms. The molecule has 6 heteroatoms. The fourth-order valence-corrected chi connectivity index (χ4v) is 4.08. The van der Waals surface area contributed by atoms with Crippen LogP contribution >= 0.6 is 11.3 Å². The smallest absolute Gasteiger partial charge is 0.265 e. The van der Waals surface area contributed by atoms with E-state index >= 15 is 0 Å². The Morgan fingerprint density at radius 1 is 1.33 bits per heavy atom. The van der Waals surface area contributed by atoms with Gasteiger partial charge in [-0.15, -0.1) is 11.3 Å². The van der Waals surface area contributed by atoms with Crippen molar-refractivity contribution in [2.24, 2.45) is 0 Å². The zero-order chi connectivity index (χ0) is 17.1. The number of benzene rings is 1. The van der Waals surface area contributed by atoms with Crippen LogP contribution < -0.4 is 5.32 Å². The molecule has 128 valence electrons. The first-order valence-corrected chi connectivity index (χ1v) is 9.05. The molecule has 1 aliphatic heterocycles. The summed E-state index contributed by atoms with van der Waals surface area (Å²) >= 11 is 1.46. The van der Waals surface area contributed by atoms with Gasteiger partial charge >= 0.3 is 0 Å². The maximum Gasteiger partial charge on any atom is 0.265 e. The van der Waals surface area contributed by atoms with Gasteiger partial charge in [0, 0.05) is 25.6 Å². The zero-order valence-corrected chi connectivity index (χ0v) is 14.8. The summed E-state index contributed by atoms with van der Waals surface area (Å²) in [6.07, 6.45) is 2.60. The number of hydrogen-bond acceptors (Lipinski definition) is 4. The topological polar surface area (TPSA) is 45.2 Å². The van der Waals surface area contributed by atoms with E-state index in [1.54, 1.807) is 12.1 Å². The molecule has 0 radical (unpaired) electrons. The first kappa shape index (κ1) is 17.0. The number of thiazole rings is 1. The van der Waals surface area contributed by atoms with Gasteiger partial charge in [0.25, 0.3) is 5.91 Å². The van der Waals surface area contributed by atoms with Crippen molar-refractivity contribution in [3.63, 3.8) is 0 Å². The molecule has 1 fully saturated rings. The van der Waals surface area contributed by atoms with E-state index in [0.717, 1.165) is 47.1 Å². The van der Waals surface area contributed by atoms with Crippen molar-refractivity contribution in [2.45, 2.75) is 32.2 Å². The molecular weight excluding hydrogens is 325 g/mol. The molecule has 1 amide bonds. The Bertz CT molecular complexity index is 706. The second kappa shape index (κ2) is 7.40. The number of aromatic nitrogens is 1. The first-order chi connectivity index (χ1) is 11.6. The van der Waals surface area contributed by atoms with Crippen LogP contribution in [0.3, 0.4) is 0 Å². The summed E-state index contributed by atoms with van der Waals surface area (Å²) < 4.78 is 13.0. The third-order valence-corrected chi connectivity index (χ3v) is 5.64. The van der Waals surface area contributed by atoms with E-state index < -0.39 is 0 Å².